The number of hydrogen-bond acceptors (Lipinski definition) is 3. The van der Waals surface area contributed by atoms with Gasteiger partial charge in [-0.1, -0.05) is 29.8 Å². The van der Waals surface area contributed by atoms with Crippen LogP contribution in [0.15, 0.2) is 16.6 Å². The van der Waals surface area contributed by atoms with Gasteiger partial charge < -0.3 is 15.2 Å². The predicted molar refractivity (Wildman–Crippen MR) is 87.5 cm³/mol. The van der Waals surface area contributed by atoms with Gasteiger partial charge >= 0.3 is 0 Å². The summed E-state index contributed by atoms with van der Waals surface area (Å²) in [6, 6.07) is 4.34. The molecule has 0 saturated carbocycles. The van der Waals surface area contributed by atoms with E-state index in [0.29, 0.717) is 13.2 Å². The molecule has 1 unspecified atom stereocenters. The van der Waals surface area contributed by atoms with Gasteiger partial charge in [0.05, 0.1) is 6.61 Å². The summed E-state index contributed by atoms with van der Waals surface area (Å²) in [5.41, 5.74) is 8.37. The second-order valence-electron chi connectivity index (χ2n) is 5.04. The number of hydrogen-bond donors (Lipinski definition) is 1. The summed E-state index contributed by atoms with van der Waals surface area (Å²) in [5.74, 6) is 0.956. The fraction of sp³-hybridized carbons (Fsp3) is 0.625. The molecule has 3 nitrogen and oxygen atoms in total. The van der Waals surface area contributed by atoms with Gasteiger partial charge in [-0.15, -0.1) is 0 Å². The highest BCUT2D eigenvalue weighted by Gasteiger charge is 2.12. The average molecular weight is 344 g/mol. The molecule has 1 atom stereocenters. The fourth-order valence-corrected chi connectivity index (χ4v) is 2.65. The zero-order chi connectivity index (χ0) is 15.0. The molecule has 1 rings (SSSR count). The molecule has 1 aromatic rings. The van der Waals surface area contributed by atoms with E-state index in [0.717, 1.165) is 41.7 Å². The molecule has 0 heterocycles. The SMILES string of the molecule is CCCOCCOc1c(C)cc(Br)cc1CC(N)CC. The fourth-order valence-electron chi connectivity index (χ4n) is 2.03. The van der Waals surface area contributed by atoms with Crippen LogP contribution in [0.3, 0.4) is 0 Å². The van der Waals surface area contributed by atoms with E-state index < -0.39 is 0 Å². The van der Waals surface area contributed by atoms with Gasteiger partial charge in [-0.25, -0.2) is 0 Å². The lowest BCUT2D eigenvalue weighted by Gasteiger charge is -2.17. The van der Waals surface area contributed by atoms with Crippen LogP contribution in [-0.2, 0) is 11.2 Å². The lowest BCUT2D eigenvalue weighted by Crippen LogP contribution is -2.22. The zero-order valence-electron chi connectivity index (χ0n) is 12.7. The molecule has 1 aromatic carbocycles. The summed E-state index contributed by atoms with van der Waals surface area (Å²) in [6.07, 6.45) is 2.83. The number of nitrogens with two attached hydrogens (primary N) is 1. The minimum Gasteiger partial charge on any atom is -0.491 e. The number of aryl methyl sites for hydroxylation is 1. The smallest absolute Gasteiger partial charge is 0.125 e. The average Bonchev–Trinajstić information content (AvgIpc) is 2.40. The molecule has 20 heavy (non-hydrogen) atoms. The highest BCUT2D eigenvalue weighted by atomic mass is 79.9. The molecule has 0 aliphatic heterocycles. The summed E-state index contributed by atoms with van der Waals surface area (Å²) >= 11 is 3.54. The van der Waals surface area contributed by atoms with Crippen LogP contribution in [0.5, 0.6) is 5.75 Å². The molecule has 114 valence electrons. The van der Waals surface area contributed by atoms with E-state index in [1.165, 1.54) is 5.56 Å². The molecule has 0 spiro atoms. The minimum absolute atomic E-state index is 0.169. The Morgan fingerprint density at radius 3 is 2.60 bits per heavy atom. The summed E-state index contributed by atoms with van der Waals surface area (Å²) in [4.78, 5) is 0. The van der Waals surface area contributed by atoms with Crippen LogP contribution in [0.4, 0.5) is 0 Å². The third-order valence-corrected chi connectivity index (χ3v) is 3.60. The van der Waals surface area contributed by atoms with E-state index in [1.54, 1.807) is 0 Å². The first-order valence-electron chi connectivity index (χ1n) is 7.33. The van der Waals surface area contributed by atoms with E-state index >= 15 is 0 Å². The Balaban J connectivity index is 2.71. The second-order valence-corrected chi connectivity index (χ2v) is 5.96. The first-order chi connectivity index (χ1) is 9.58. The molecule has 4 heteroatoms. The summed E-state index contributed by atoms with van der Waals surface area (Å²) in [7, 11) is 0. The van der Waals surface area contributed by atoms with Crippen molar-refractivity contribution in [3.63, 3.8) is 0 Å². The van der Waals surface area contributed by atoms with E-state index in [4.69, 9.17) is 15.2 Å². The Morgan fingerprint density at radius 1 is 1.20 bits per heavy atom. The van der Waals surface area contributed by atoms with Crippen LogP contribution in [0.2, 0.25) is 0 Å². The molecule has 0 radical (unpaired) electrons. The normalized spacial score (nSPS) is 12.4. The molecule has 2 N–H and O–H groups in total. The Bertz CT molecular complexity index is 410. The monoisotopic (exact) mass is 343 g/mol. The molecular formula is C16H26BrNO2. The standard InChI is InChI=1S/C16H26BrNO2/c1-4-6-19-7-8-20-16-12(3)9-14(17)10-13(16)11-15(18)5-2/h9-10,15H,4-8,11,18H2,1-3H3. The Hall–Kier alpha value is -0.580. The predicted octanol–water partition coefficient (Wildman–Crippen LogP) is 3.84. The lowest BCUT2D eigenvalue weighted by atomic mass is 10.0. The summed E-state index contributed by atoms with van der Waals surface area (Å²) in [5, 5.41) is 0. The van der Waals surface area contributed by atoms with Crippen LogP contribution in [0.1, 0.15) is 37.8 Å². The number of rotatable bonds is 9. The van der Waals surface area contributed by atoms with Crippen molar-refractivity contribution in [3.8, 4) is 5.75 Å². The third kappa shape index (κ3) is 5.81. The first kappa shape index (κ1) is 17.5. The lowest BCUT2D eigenvalue weighted by molar-refractivity contribution is 0.1000. The van der Waals surface area contributed by atoms with Gasteiger partial charge in [-0.2, -0.15) is 0 Å². The Kier molecular flexibility index (Phi) is 8.19. The van der Waals surface area contributed by atoms with Crippen molar-refractivity contribution in [3.05, 3.63) is 27.7 Å². The molecular weight excluding hydrogens is 318 g/mol. The molecule has 0 fully saturated rings. The van der Waals surface area contributed by atoms with Gasteiger partial charge in [0.2, 0.25) is 0 Å². The van der Waals surface area contributed by atoms with Crippen LogP contribution >= 0.6 is 15.9 Å². The maximum Gasteiger partial charge on any atom is 0.125 e. The number of ether oxygens (including phenoxy) is 2. The first-order valence-corrected chi connectivity index (χ1v) is 8.12. The van der Waals surface area contributed by atoms with Crippen molar-refractivity contribution in [2.45, 2.75) is 46.1 Å². The van der Waals surface area contributed by atoms with Gasteiger partial charge in [0.15, 0.2) is 0 Å². The van der Waals surface area contributed by atoms with Crippen molar-refractivity contribution < 1.29 is 9.47 Å². The third-order valence-electron chi connectivity index (χ3n) is 3.15. The van der Waals surface area contributed by atoms with Crippen molar-refractivity contribution >= 4 is 15.9 Å². The maximum absolute atomic E-state index is 6.07. The van der Waals surface area contributed by atoms with Gasteiger partial charge in [-0.3, -0.25) is 0 Å². The van der Waals surface area contributed by atoms with Crippen LogP contribution in [-0.4, -0.2) is 25.9 Å². The summed E-state index contributed by atoms with van der Waals surface area (Å²) in [6.45, 7) is 8.27. The van der Waals surface area contributed by atoms with Crippen molar-refractivity contribution in [1.29, 1.82) is 0 Å². The van der Waals surface area contributed by atoms with E-state index in [-0.39, 0.29) is 6.04 Å². The number of halogens is 1. The van der Waals surface area contributed by atoms with E-state index in [1.807, 2.05) is 0 Å². The van der Waals surface area contributed by atoms with E-state index in [9.17, 15) is 0 Å². The molecule has 0 saturated heterocycles. The molecule has 0 bridgehead atoms. The van der Waals surface area contributed by atoms with Crippen molar-refractivity contribution in [1.82, 2.24) is 0 Å². The van der Waals surface area contributed by atoms with Gasteiger partial charge in [0.1, 0.15) is 12.4 Å². The van der Waals surface area contributed by atoms with Gasteiger partial charge in [0.25, 0.3) is 0 Å². The molecule has 0 amide bonds. The second kappa shape index (κ2) is 9.37. The highest BCUT2D eigenvalue weighted by Crippen LogP contribution is 2.29. The van der Waals surface area contributed by atoms with Crippen LogP contribution < -0.4 is 10.5 Å². The highest BCUT2D eigenvalue weighted by molar-refractivity contribution is 9.10. The van der Waals surface area contributed by atoms with Gasteiger partial charge in [0, 0.05) is 17.1 Å². The van der Waals surface area contributed by atoms with Crippen molar-refractivity contribution in [2.75, 3.05) is 19.8 Å². The molecule has 0 aromatic heterocycles. The van der Waals surface area contributed by atoms with E-state index in [2.05, 4.69) is 48.8 Å². The van der Waals surface area contributed by atoms with Gasteiger partial charge in [-0.05, 0) is 49.4 Å². The van der Waals surface area contributed by atoms with Crippen molar-refractivity contribution in [2.24, 2.45) is 5.73 Å². The largest absolute Gasteiger partial charge is 0.491 e. The number of benzene rings is 1. The minimum atomic E-state index is 0.169. The quantitative estimate of drug-likeness (QED) is 0.692. The van der Waals surface area contributed by atoms with Crippen LogP contribution in [0, 0.1) is 6.92 Å². The molecule has 0 aliphatic carbocycles. The topological polar surface area (TPSA) is 44.5 Å². The van der Waals surface area contributed by atoms with Crippen LogP contribution in [0.25, 0.3) is 0 Å². The summed E-state index contributed by atoms with van der Waals surface area (Å²) < 4.78 is 12.4. The molecule has 0 aliphatic rings. The Labute approximate surface area is 131 Å². The Morgan fingerprint density at radius 2 is 1.95 bits per heavy atom. The maximum atomic E-state index is 6.07. The zero-order valence-corrected chi connectivity index (χ0v) is 14.3.